The zero-order valence-electron chi connectivity index (χ0n) is 13.1. The number of methoxy groups -OCH3 is 1. The third kappa shape index (κ3) is 3.59. The van der Waals surface area contributed by atoms with Crippen LogP contribution in [0.1, 0.15) is 23.1 Å². The normalized spacial score (nSPS) is 20.8. The molecule has 1 heterocycles. The summed E-state index contributed by atoms with van der Waals surface area (Å²) in [7, 11) is 1.65. The fourth-order valence-electron chi connectivity index (χ4n) is 3.22. The summed E-state index contributed by atoms with van der Waals surface area (Å²) in [5.74, 6) is 0. The molecule has 0 bridgehead atoms. The average molecular weight is 304 g/mol. The molecule has 1 fully saturated rings. The van der Waals surface area contributed by atoms with Crippen molar-refractivity contribution in [1.29, 1.82) is 0 Å². The minimum atomic E-state index is -0.0236. The van der Waals surface area contributed by atoms with Gasteiger partial charge < -0.3 is 19.7 Å². The van der Waals surface area contributed by atoms with Crippen molar-refractivity contribution in [2.24, 2.45) is 0 Å². The molecule has 120 valence electrons. The molecule has 1 aliphatic carbocycles. The Bertz CT molecular complexity index is 531. The van der Waals surface area contributed by atoms with E-state index in [1.54, 1.807) is 12.0 Å². The smallest absolute Gasteiger partial charge is 0.317 e. The van der Waals surface area contributed by atoms with Gasteiger partial charge in [-0.25, -0.2) is 4.79 Å². The van der Waals surface area contributed by atoms with Crippen molar-refractivity contribution in [3.8, 4) is 0 Å². The quantitative estimate of drug-likeness (QED) is 0.922. The molecule has 1 aromatic carbocycles. The summed E-state index contributed by atoms with van der Waals surface area (Å²) in [6, 6.07) is 6.53. The molecule has 1 aromatic rings. The molecule has 1 atom stereocenters. The molecule has 0 aromatic heterocycles. The Balaban J connectivity index is 1.51. The zero-order valence-corrected chi connectivity index (χ0v) is 13.1. The lowest BCUT2D eigenvalue weighted by molar-refractivity contribution is -0.0494. The number of benzene rings is 1. The molecule has 3 rings (SSSR count). The number of aryl methyl sites for hydroxylation is 2. The summed E-state index contributed by atoms with van der Waals surface area (Å²) in [6.07, 6.45) is 3.58. The summed E-state index contributed by atoms with van der Waals surface area (Å²) in [4.78, 5) is 14.1. The second-order valence-electron chi connectivity index (χ2n) is 6.01. The van der Waals surface area contributed by atoms with E-state index in [1.165, 1.54) is 36.0 Å². The molecule has 0 unspecified atom stereocenters. The third-order valence-corrected chi connectivity index (χ3v) is 4.39. The number of nitrogens with one attached hydrogen (secondary N) is 1. The molecule has 0 spiro atoms. The van der Waals surface area contributed by atoms with E-state index < -0.39 is 0 Å². The van der Waals surface area contributed by atoms with Gasteiger partial charge in [-0.1, -0.05) is 18.2 Å². The second-order valence-corrected chi connectivity index (χ2v) is 6.01. The Hall–Kier alpha value is -1.59. The van der Waals surface area contributed by atoms with E-state index in [2.05, 4.69) is 23.5 Å². The maximum absolute atomic E-state index is 12.3. The van der Waals surface area contributed by atoms with Crippen LogP contribution < -0.4 is 5.32 Å². The van der Waals surface area contributed by atoms with Gasteiger partial charge in [0, 0.05) is 20.2 Å². The van der Waals surface area contributed by atoms with Gasteiger partial charge in [-0.3, -0.25) is 0 Å². The molecule has 5 heteroatoms. The van der Waals surface area contributed by atoms with Crippen LogP contribution in [0.4, 0.5) is 4.79 Å². The highest BCUT2D eigenvalue weighted by Crippen LogP contribution is 2.22. The summed E-state index contributed by atoms with van der Waals surface area (Å²) < 4.78 is 10.7. The lowest BCUT2D eigenvalue weighted by Gasteiger charge is -2.32. The highest BCUT2D eigenvalue weighted by molar-refractivity contribution is 5.74. The van der Waals surface area contributed by atoms with Crippen molar-refractivity contribution < 1.29 is 14.3 Å². The van der Waals surface area contributed by atoms with Crippen molar-refractivity contribution in [3.05, 3.63) is 34.9 Å². The van der Waals surface area contributed by atoms with Crippen LogP contribution in [0.15, 0.2) is 18.2 Å². The number of amides is 2. The van der Waals surface area contributed by atoms with E-state index >= 15 is 0 Å². The van der Waals surface area contributed by atoms with Crippen LogP contribution in [0.5, 0.6) is 0 Å². The molecular formula is C17H24N2O3. The highest BCUT2D eigenvalue weighted by Gasteiger charge is 2.24. The summed E-state index contributed by atoms with van der Waals surface area (Å²) in [5.41, 5.74) is 4.08. The molecule has 2 amide bonds. The fraction of sp³-hybridized carbons (Fsp3) is 0.588. The van der Waals surface area contributed by atoms with Crippen LogP contribution in [0.2, 0.25) is 0 Å². The fourth-order valence-corrected chi connectivity index (χ4v) is 3.22. The number of hydrogen-bond acceptors (Lipinski definition) is 3. The number of nitrogens with zero attached hydrogens (tertiary/aromatic N) is 1. The molecule has 5 nitrogen and oxygen atoms in total. The topological polar surface area (TPSA) is 50.8 Å². The Morgan fingerprint density at radius 1 is 1.41 bits per heavy atom. The van der Waals surface area contributed by atoms with Crippen LogP contribution >= 0.6 is 0 Å². The number of carbonyl (C=O) groups is 1. The average Bonchev–Trinajstić information content (AvgIpc) is 3.01. The molecule has 0 radical (unpaired) electrons. The summed E-state index contributed by atoms with van der Waals surface area (Å²) in [5, 5.41) is 3.01. The first-order valence-corrected chi connectivity index (χ1v) is 8.00. The molecule has 22 heavy (non-hydrogen) atoms. The predicted octanol–water partition coefficient (Wildman–Crippen LogP) is 1.73. The monoisotopic (exact) mass is 304 g/mol. The number of morpholine rings is 1. The Labute approximate surface area is 131 Å². The lowest BCUT2D eigenvalue weighted by atomic mass is 10.1. The maximum atomic E-state index is 12.3. The van der Waals surface area contributed by atoms with Crippen molar-refractivity contribution in [2.45, 2.75) is 31.9 Å². The van der Waals surface area contributed by atoms with Gasteiger partial charge in [-0.2, -0.15) is 0 Å². The maximum Gasteiger partial charge on any atom is 0.317 e. The number of urea groups is 1. The molecule has 1 saturated heterocycles. The van der Waals surface area contributed by atoms with Crippen molar-refractivity contribution in [1.82, 2.24) is 10.2 Å². The van der Waals surface area contributed by atoms with E-state index in [0.717, 1.165) is 0 Å². The highest BCUT2D eigenvalue weighted by atomic mass is 16.5. The molecule has 1 N–H and O–H groups in total. The Kier molecular flexibility index (Phi) is 4.95. The number of fused-ring (bicyclic) bond motifs is 1. The minimum Gasteiger partial charge on any atom is -0.382 e. The van der Waals surface area contributed by atoms with Gasteiger partial charge in [0.25, 0.3) is 0 Å². The first-order chi connectivity index (χ1) is 10.8. The number of carbonyl (C=O) groups excluding carboxylic acids is 1. The third-order valence-electron chi connectivity index (χ3n) is 4.39. The van der Waals surface area contributed by atoms with Crippen LogP contribution in [-0.4, -0.2) is 50.4 Å². The van der Waals surface area contributed by atoms with Crippen molar-refractivity contribution >= 4 is 6.03 Å². The van der Waals surface area contributed by atoms with Gasteiger partial charge in [0.2, 0.25) is 0 Å². The first-order valence-electron chi connectivity index (χ1n) is 8.00. The van der Waals surface area contributed by atoms with Gasteiger partial charge >= 0.3 is 6.03 Å². The van der Waals surface area contributed by atoms with E-state index in [4.69, 9.17) is 9.47 Å². The van der Waals surface area contributed by atoms with E-state index in [1.807, 2.05) is 0 Å². The summed E-state index contributed by atoms with van der Waals surface area (Å²) in [6.45, 7) is 2.90. The number of hydrogen-bond donors (Lipinski definition) is 1. The predicted molar refractivity (Wildman–Crippen MR) is 83.9 cm³/mol. The lowest BCUT2D eigenvalue weighted by Crippen LogP contribution is -2.50. The molecule has 0 saturated carbocycles. The standard InChI is InChI=1S/C17H24N2O3/c1-21-12-16-11-19(7-8-22-16)17(20)18-10-13-5-6-14-3-2-4-15(14)9-13/h5-6,9,16H,2-4,7-8,10-12H2,1H3,(H,18,20)/t16-/m1/s1. The second kappa shape index (κ2) is 7.11. The van der Waals surface area contributed by atoms with Gasteiger partial charge in [0.1, 0.15) is 0 Å². The van der Waals surface area contributed by atoms with Gasteiger partial charge in [-0.05, 0) is 36.0 Å². The number of rotatable bonds is 4. The molecule has 1 aliphatic heterocycles. The largest absolute Gasteiger partial charge is 0.382 e. The number of ether oxygens (including phenoxy) is 2. The van der Waals surface area contributed by atoms with Crippen LogP contribution in [-0.2, 0) is 28.9 Å². The van der Waals surface area contributed by atoms with Gasteiger partial charge in [-0.15, -0.1) is 0 Å². The van der Waals surface area contributed by atoms with Crippen molar-refractivity contribution in [3.63, 3.8) is 0 Å². The SMILES string of the molecule is COC[C@H]1CN(C(=O)NCc2ccc3c(c2)CCC3)CCO1. The van der Waals surface area contributed by atoms with Gasteiger partial charge in [0.15, 0.2) is 0 Å². The summed E-state index contributed by atoms with van der Waals surface area (Å²) >= 11 is 0. The first kappa shape index (κ1) is 15.3. The van der Waals surface area contributed by atoms with Crippen LogP contribution in [0.25, 0.3) is 0 Å². The Morgan fingerprint density at radius 3 is 3.14 bits per heavy atom. The molecular weight excluding hydrogens is 280 g/mol. The van der Waals surface area contributed by atoms with Gasteiger partial charge in [0.05, 0.1) is 25.9 Å². The van der Waals surface area contributed by atoms with Crippen LogP contribution in [0.3, 0.4) is 0 Å². The van der Waals surface area contributed by atoms with E-state index in [0.29, 0.717) is 32.8 Å². The minimum absolute atomic E-state index is 0.0232. The van der Waals surface area contributed by atoms with Crippen molar-refractivity contribution in [2.75, 3.05) is 33.4 Å². The Morgan fingerprint density at radius 2 is 2.27 bits per heavy atom. The van der Waals surface area contributed by atoms with Crippen LogP contribution in [0, 0.1) is 0 Å². The zero-order chi connectivity index (χ0) is 15.4. The van der Waals surface area contributed by atoms with E-state index in [9.17, 15) is 4.79 Å². The molecule has 2 aliphatic rings. The van der Waals surface area contributed by atoms with E-state index in [-0.39, 0.29) is 12.1 Å².